The fraction of sp³-hybridized carbons (Fsp3) is 0.118. The molecule has 0 aliphatic carbocycles. The van der Waals surface area contributed by atoms with Gasteiger partial charge in [-0.2, -0.15) is 10.4 Å². The summed E-state index contributed by atoms with van der Waals surface area (Å²) in [4.78, 5) is 27.3. The van der Waals surface area contributed by atoms with Gasteiger partial charge in [0.05, 0.1) is 30.2 Å². The fourth-order valence-corrected chi connectivity index (χ4v) is 2.51. The molecule has 2 aromatic heterocycles. The maximum Gasteiger partial charge on any atom is 0.297 e. The molecule has 3 aromatic rings. The van der Waals surface area contributed by atoms with E-state index in [1.54, 1.807) is 0 Å². The summed E-state index contributed by atoms with van der Waals surface area (Å²) in [6, 6.07) is 8.31. The third-order valence-electron chi connectivity index (χ3n) is 3.52. The molecule has 1 aromatic carbocycles. The van der Waals surface area contributed by atoms with Crippen LogP contribution in [0.2, 0.25) is 5.02 Å². The van der Waals surface area contributed by atoms with Gasteiger partial charge in [0.1, 0.15) is 5.75 Å². The van der Waals surface area contributed by atoms with Crippen LogP contribution in [0.25, 0.3) is 0 Å². The van der Waals surface area contributed by atoms with Crippen LogP contribution in [-0.2, 0) is 6.54 Å². The Hall–Kier alpha value is -3.58. The summed E-state index contributed by atoms with van der Waals surface area (Å²) in [6.07, 6.45) is -2.14. The van der Waals surface area contributed by atoms with Crippen LogP contribution in [0, 0.1) is 11.3 Å². The maximum absolute atomic E-state index is 13.3. The molecule has 0 bridgehead atoms. The Balaban J connectivity index is 2.04. The Kier molecular flexibility index (Phi) is 5.47. The molecule has 142 valence electrons. The van der Waals surface area contributed by atoms with Gasteiger partial charge in [-0.15, -0.1) is 0 Å². The smallest absolute Gasteiger partial charge is 0.297 e. The van der Waals surface area contributed by atoms with Gasteiger partial charge in [-0.3, -0.25) is 14.2 Å². The molecule has 0 spiro atoms. The molecule has 0 unspecified atom stereocenters. The molecule has 0 atom stereocenters. The normalized spacial score (nSPS) is 10.7. The van der Waals surface area contributed by atoms with Gasteiger partial charge in [-0.1, -0.05) is 11.6 Å². The van der Waals surface area contributed by atoms with Gasteiger partial charge in [-0.05, 0) is 24.3 Å². The Bertz CT molecular complexity index is 1170. The summed E-state index contributed by atoms with van der Waals surface area (Å²) in [7, 11) is 0. The highest BCUT2D eigenvalue weighted by atomic mass is 35.5. The van der Waals surface area contributed by atoms with Crippen molar-refractivity contribution in [1.82, 2.24) is 19.7 Å². The lowest BCUT2D eigenvalue weighted by molar-refractivity contribution is 0.141. The van der Waals surface area contributed by atoms with E-state index in [0.717, 1.165) is 10.9 Å². The summed E-state index contributed by atoms with van der Waals surface area (Å²) in [6.45, 7) is -0.137. The lowest BCUT2D eigenvalue weighted by atomic mass is 10.2. The topological polar surface area (TPSA) is 114 Å². The molecule has 8 nitrogen and oxygen atoms in total. The number of alkyl halides is 2. The van der Waals surface area contributed by atoms with Crippen molar-refractivity contribution in [2.75, 3.05) is 0 Å². The molecule has 11 heteroatoms. The Morgan fingerprint density at radius 1 is 1.29 bits per heavy atom. The second kappa shape index (κ2) is 7.98. The van der Waals surface area contributed by atoms with Crippen LogP contribution in [0.5, 0.6) is 11.5 Å². The van der Waals surface area contributed by atoms with Gasteiger partial charge < -0.3 is 4.74 Å². The molecule has 0 saturated heterocycles. The molecule has 2 heterocycles. The lowest BCUT2D eigenvalue weighted by Gasteiger charge is -2.12. The first-order chi connectivity index (χ1) is 13.4. The van der Waals surface area contributed by atoms with Crippen molar-refractivity contribution in [3.8, 4) is 17.6 Å². The number of aromatic amines is 1. The van der Waals surface area contributed by atoms with Crippen LogP contribution in [0.3, 0.4) is 0 Å². The van der Waals surface area contributed by atoms with E-state index in [-0.39, 0.29) is 22.9 Å². The van der Waals surface area contributed by atoms with Crippen molar-refractivity contribution in [3.05, 3.63) is 79.3 Å². The average Bonchev–Trinajstić information content (AvgIpc) is 2.66. The van der Waals surface area contributed by atoms with Crippen LogP contribution in [0.1, 0.15) is 23.4 Å². The number of ether oxygens (including phenoxy) is 1. The SMILES string of the molecule is N#Cc1cc(Cl)cc(Oc2c(C(F)F)ncn(Cc3ccc(=O)[nH]n3)c2=O)c1. The van der Waals surface area contributed by atoms with Crippen LogP contribution in [-0.4, -0.2) is 19.7 Å². The second-order valence-corrected chi connectivity index (χ2v) is 5.93. The number of hydrogen-bond acceptors (Lipinski definition) is 6. The van der Waals surface area contributed by atoms with Crippen molar-refractivity contribution in [1.29, 1.82) is 5.26 Å². The number of H-pyrrole nitrogens is 1. The van der Waals surface area contributed by atoms with Crippen molar-refractivity contribution in [2.24, 2.45) is 0 Å². The number of nitrogens with one attached hydrogen (secondary N) is 1. The summed E-state index contributed by atoms with van der Waals surface area (Å²) in [5.41, 5.74) is -1.75. The van der Waals surface area contributed by atoms with Crippen LogP contribution in [0.15, 0.2) is 46.2 Å². The van der Waals surface area contributed by atoms with E-state index in [2.05, 4.69) is 15.2 Å². The van der Waals surface area contributed by atoms with Crippen molar-refractivity contribution in [3.63, 3.8) is 0 Å². The maximum atomic E-state index is 13.3. The van der Waals surface area contributed by atoms with Crippen LogP contribution in [0.4, 0.5) is 8.78 Å². The minimum absolute atomic E-state index is 0.0650. The van der Waals surface area contributed by atoms with E-state index >= 15 is 0 Å². The highest BCUT2D eigenvalue weighted by molar-refractivity contribution is 6.30. The molecule has 0 aliphatic rings. The highest BCUT2D eigenvalue weighted by Gasteiger charge is 2.22. The molecule has 0 radical (unpaired) electrons. The van der Waals surface area contributed by atoms with E-state index in [0.29, 0.717) is 5.69 Å². The second-order valence-electron chi connectivity index (χ2n) is 5.49. The summed E-state index contributed by atoms with van der Waals surface area (Å²) in [5, 5.41) is 15.1. The average molecular weight is 406 g/mol. The molecule has 0 saturated carbocycles. The molecule has 0 fully saturated rings. The van der Waals surface area contributed by atoms with Crippen molar-refractivity contribution < 1.29 is 13.5 Å². The molecule has 0 aliphatic heterocycles. The van der Waals surface area contributed by atoms with E-state index in [4.69, 9.17) is 21.6 Å². The predicted octanol–water partition coefficient (Wildman–Crippen LogP) is 2.63. The molecule has 1 N–H and O–H groups in total. The number of nitrogens with zero attached hydrogens (tertiary/aromatic N) is 4. The lowest BCUT2D eigenvalue weighted by Crippen LogP contribution is -2.25. The largest absolute Gasteiger partial charge is 0.449 e. The Morgan fingerprint density at radius 2 is 2.07 bits per heavy atom. The predicted molar refractivity (Wildman–Crippen MR) is 93.7 cm³/mol. The van der Waals surface area contributed by atoms with E-state index in [1.807, 2.05) is 6.07 Å². The van der Waals surface area contributed by atoms with Gasteiger partial charge in [0.15, 0.2) is 5.69 Å². The Labute approximate surface area is 160 Å². The van der Waals surface area contributed by atoms with Crippen LogP contribution >= 0.6 is 11.6 Å². The third-order valence-corrected chi connectivity index (χ3v) is 3.74. The summed E-state index contributed by atoms with van der Waals surface area (Å²) >= 11 is 5.87. The highest BCUT2D eigenvalue weighted by Crippen LogP contribution is 2.29. The molecular weight excluding hydrogens is 396 g/mol. The van der Waals surface area contributed by atoms with Gasteiger partial charge in [-0.25, -0.2) is 18.9 Å². The zero-order chi connectivity index (χ0) is 20.3. The van der Waals surface area contributed by atoms with Gasteiger partial charge in [0, 0.05) is 11.1 Å². The monoisotopic (exact) mass is 405 g/mol. The first-order valence-corrected chi connectivity index (χ1v) is 8.06. The molecule has 0 amide bonds. The number of aromatic nitrogens is 4. The van der Waals surface area contributed by atoms with E-state index < -0.39 is 29.0 Å². The van der Waals surface area contributed by atoms with Gasteiger partial charge in [0.2, 0.25) is 5.75 Å². The quantitative estimate of drug-likeness (QED) is 0.698. The number of nitriles is 1. The number of benzene rings is 1. The van der Waals surface area contributed by atoms with E-state index in [1.165, 1.54) is 30.3 Å². The van der Waals surface area contributed by atoms with Crippen molar-refractivity contribution in [2.45, 2.75) is 13.0 Å². The standard InChI is InChI=1S/C17H10ClF2N5O3/c18-10-3-9(6-21)4-12(5-10)28-15-14(16(19)20)22-8-25(17(15)27)7-11-1-2-13(26)24-23-11/h1-5,8,16H,7H2,(H,24,26). The number of hydrogen-bond donors (Lipinski definition) is 1. The van der Waals surface area contributed by atoms with Crippen LogP contribution < -0.4 is 15.9 Å². The molecule has 28 heavy (non-hydrogen) atoms. The van der Waals surface area contributed by atoms with Gasteiger partial charge in [0.25, 0.3) is 17.5 Å². The van der Waals surface area contributed by atoms with E-state index in [9.17, 15) is 18.4 Å². The summed E-state index contributed by atoms with van der Waals surface area (Å²) < 4.78 is 33.0. The number of halogens is 3. The minimum atomic E-state index is -3.07. The Morgan fingerprint density at radius 3 is 2.71 bits per heavy atom. The zero-order valence-corrected chi connectivity index (χ0v) is 14.7. The summed E-state index contributed by atoms with van der Waals surface area (Å²) in [5.74, 6) is -0.766. The van der Waals surface area contributed by atoms with Gasteiger partial charge >= 0.3 is 0 Å². The van der Waals surface area contributed by atoms with Crippen molar-refractivity contribution >= 4 is 11.6 Å². The molecule has 3 rings (SSSR count). The zero-order valence-electron chi connectivity index (χ0n) is 13.9. The first-order valence-electron chi connectivity index (χ1n) is 7.68. The first kappa shape index (κ1) is 19.2. The third kappa shape index (κ3) is 4.21. The molecular formula is C17H10ClF2N5O3. The minimum Gasteiger partial charge on any atom is -0.449 e. The fourth-order valence-electron chi connectivity index (χ4n) is 2.29. The number of rotatable bonds is 5.